The molecular weight excluding hydrogens is 336 g/mol. The number of anilines is 1. The summed E-state index contributed by atoms with van der Waals surface area (Å²) in [5.74, 6) is -0.493. The van der Waals surface area contributed by atoms with Crippen LogP contribution in [0.1, 0.15) is 26.3 Å². The lowest BCUT2D eigenvalue weighted by Gasteiger charge is -2.18. The monoisotopic (exact) mass is 352 g/mol. The third-order valence-corrected chi connectivity index (χ3v) is 5.04. The molecule has 0 aliphatic carbocycles. The number of carbonyl (C=O) groups is 2. The standard InChI is InChI=1S/C23H16N2O2/c26-22-18-10-4-5-11-19(18)23(27)25(22)14-21-17-9-3-1-7-15(17)13-16-8-2-6-12-20(16)24-21/h1-13,24H,14H2. The van der Waals surface area contributed by atoms with Crippen LogP contribution < -0.4 is 15.8 Å². The zero-order valence-corrected chi connectivity index (χ0v) is 14.5. The predicted octanol–water partition coefficient (Wildman–Crippen LogP) is 2.35. The van der Waals surface area contributed by atoms with Gasteiger partial charge >= 0.3 is 0 Å². The highest BCUT2D eigenvalue weighted by Crippen LogP contribution is 2.25. The van der Waals surface area contributed by atoms with Crippen LogP contribution in [0.4, 0.5) is 5.69 Å². The zero-order chi connectivity index (χ0) is 18.4. The molecule has 27 heavy (non-hydrogen) atoms. The van der Waals surface area contributed by atoms with Gasteiger partial charge in [0, 0.05) is 16.6 Å². The Bertz CT molecular complexity index is 1190. The minimum absolute atomic E-state index is 0.200. The fourth-order valence-corrected chi connectivity index (χ4v) is 3.70. The number of amides is 2. The number of fused-ring (bicyclic) bond motifs is 3. The first-order chi connectivity index (χ1) is 13.2. The summed E-state index contributed by atoms with van der Waals surface area (Å²) in [6.45, 7) is 0.200. The lowest BCUT2D eigenvalue weighted by atomic mass is 10.1. The largest absolute Gasteiger partial charge is 0.356 e. The normalized spacial score (nSPS) is 14.7. The van der Waals surface area contributed by atoms with Crippen LogP contribution in [0, 0.1) is 0 Å². The summed E-state index contributed by atoms with van der Waals surface area (Å²) in [4.78, 5) is 26.9. The van der Waals surface area contributed by atoms with Crippen molar-refractivity contribution in [1.82, 2.24) is 4.90 Å². The Labute approximate surface area is 156 Å². The van der Waals surface area contributed by atoms with E-state index >= 15 is 0 Å². The van der Waals surface area contributed by atoms with Gasteiger partial charge in [0.15, 0.2) is 0 Å². The number of carbonyl (C=O) groups excluding carboxylic acids is 2. The van der Waals surface area contributed by atoms with Gasteiger partial charge in [0.2, 0.25) is 0 Å². The molecule has 2 aliphatic heterocycles. The van der Waals surface area contributed by atoms with Crippen molar-refractivity contribution in [2.75, 3.05) is 11.9 Å². The number of hydrogen-bond donors (Lipinski definition) is 1. The number of para-hydroxylation sites is 1. The Morgan fingerprint density at radius 1 is 0.741 bits per heavy atom. The van der Waals surface area contributed by atoms with Gasteiger partial charge in [-0.3, -0.25) is 14.5 Å². The van der Waals surface area contributed by atoms with E-state index in [1.165, 1.54) is 4.90 Å². The van der Waals surface area contributed by atoms with E-state index in [-0.39, 0.29) is 18.4 Å². The van der Waals surface area contributed by atoms with Crippen molar-refractivity contribution in [3.05, 3.63) is 99.9 Å². The maximum atomic E-state index is 12.8. The summed E-state index contributed by atoms with van der Waals surface area (Å²) in [6, 6.07) is 23.0. The second-order valence-electron chi connectivity index (χ2n) is 6.66. The lowest BCUT2D eigenvalue weighted by molar-refractivity contribution is 0.0674. The van der Waals surface area contributed by atoms with E-state index in [9.17, 15) is 9.59 Å². The Morgan fingerprint density at radius 3 is 2.15 bits per heavy atom. The Hall–Kier alpha value is -3.66. The quantitative estimate of drug-likeness (QED) is 0.721. The van der Waals surface area contributed by atoms with Crippen LogP contribution in [0.15, 0.2) is 72.8 Å². The van der Waals surface area contributed by atoms with Crippen LogP contribution in [0.5, 0.6) is 0 Å². The minimum atomic E-state index is -0.246. The highest BCUT2D eigenvalue weighted by Gasteiger charge is 2.35. The third-order valence-electron chi connectivity index (χ3n) is 5.04. The van der Waals surface area contributed by atoms with E-state index in [4.69, 9.17) is 0 Å². The predicted molar refractivity (Wildman–Crippen MR) is 105 cm³/mol. The zero-order valence-electron chi connectivity index (χ0n) is 14.5. The Balaban J connectivity index is 1.63. The van der Waals surface area contributed by atoms with E-state index in [2.05, 4.69) is 11.4 Å². The molecule has 0 saturated carbocycles. The van der Waals surface area contributed by atoms with E-state index in [1.54, 1.807) is 24.3 Å². The molecule has 0 saturated heterocycles. The van der Waals surface area contributed by atoms with Crippen molar-refractivity contribution in [3.63, 3.8) is 0 Å². The minimum Gasteiger partial charge on any atom is -0.356 e. The molecule has 1 N–H and O–H groups in total. The SMILES string of the molecule is O=C1c2ccccc2C(=O)N1CC1=c2ccccc2=Cc2ccccc2N1. The number of nitrogens with zero attached hydrogens (tertiary/aromatic N) is 1. The van der Waals surface area contributed by atoms with Crippen LogP contribution >= 0.6 is 0 Å². The maximum absolute atomic E-state index is 12.8. The molecule has 3 aromatic rings. The number of benzene rings is 3. The lowest BCUT2D eigenvalue weighted by Crippen LogP contribution is -2.37. The van der Waals surface area contributed by atoms with Gasteiger partial charge in [-0.05, 0) is 35.1 Å². The van der Waals surface area contributed by atoms with Crippen molar-refractivity contribution in [1.29, 1.82) is 0 Å². The fraction of sp³-hybridized carbons (Fsp3) is 0.0435. The van der Waals surface area contributed by atoms with Gasteiger partial charge in [0.1, 0.15) is 0 Å². The van der Waals surface area contributed by atoms with E-state index < -0.39 is 0 Å². The molecule has 2 heterocycles. The topological polar surface area (TPSA) is 49.4 Å². The average molecular weight is 352 g/mol. The van der Waals surface area contributed by atoms with Crippen LogP contribution in [0.3, 0.4) is 0 Å². The molecule has 0 unspecified atom stereocenters. The first kappa shape index (κ1) is 15.6. The van der Waals surface area contributed by atoms with Gasteiger partial charge in [-0.25, -0.2) is 0 Å². The molecule has 0 bridgehead atoms. The van der Waals surface area contributed by atoms with Gasteiger partial charge < -0.3 is 5.32 Å². The molecule has 2 amide bonds. The summed E-state index contributed by atoms with van der Waals surface area (Å²) in [7, 11) is 0. The fourth-order valence-electron chi connectivity index (χ4n) is 3.70. The summed E-state index contributed by atoms with van der Waals surface area (Å²) < 4.78 is 0. The van der Waals surface area contributed by atoms with E-state index in [0.717, 1.165) is 27.4 Å². The van der Waals surface area contributed by atoms with Crippen LogP contribution in [0.2, 0.25) is 0 Å². The molecule has 0 fully saturated rings. The van der Waals surface area contributed by atoms with Gasteiger partial charge in [0.25, 0.3) is 11.8 Å². The number of hydrogen-bond acceptors (Lipinski definition) is 3. The van der Waals surface area contributed by atoms with E-state index in [0.29, 0.717) is 11.1 Å². The first-order valence-corrected chi connectivity index (χ1v) is 8.83. The number of rotatable bonds is 2. The van der Waals surface area contributed by atoms with Crippen molar-refractivity contribution in [3.8, 4) is 0 Å². The van der Waals surface area contributed by atoms with Crippen LogP contribution in [0.25, 0.3) is 11.8 Å². The molecule has 0 spiro atoms. The smallest absolute Gasteiger partial charge is 0.261 e. The molecule has 0 atom stereocenters. The molecular formula is C23H16N2O2. The van der Waals surface area contributed by atoms with Crippen molar-refractivity contribution in [2.45, 2.75) is 0 Å². The molecule has 0 radical (unpaired) electrons. The summed E-state index contributed by atoms with van der Waals surface area (Å²) in [5.41, 5.74) is 3.80. The van der Waals surface area contributed by atoms with Gasteiger partial charge in [-0.15, -0.1) is 0 Å². The molecule has 3 aromatic carbocycles. The first-order valence-electron chi connectivity index (χ1n) is 8.83. The van der Waals surface area contributed by atoms with Crippen molar-refractivity contribution < 1.29 is 9.59 Å². The molecule has 4 heteroatoms. The Morgan fingerprint density at radius 2 is 1.37 bits per heavy atom. The van der Waals surface area contributed by atoms with Gasteiger partial charge in [-0.2, -0.15) is 0 Å². The molecule has 4 nitrogen and oxygen atoms in total. The summed E-state index contributed by atoms with van der Waals surface area (Å²) in [6.07, 6.45) is 2.12. The van der Waals surface area contributed by atoms with Crippen molar-refractivity contribution >= 4 is 29.3 Å². The third kappa shape index (κ3) is 2.46. The summed E-state index contributed by atoms with van der Waals surface area (Å²) in [5, 5.41) is 5.50. The highest BCUT2D eigenvalue weighted by atomic mass is 16.2. The average Bonchev–Trinajstić information content (AvgIpc) is 2.86. The maximum Gasteiger partial charge on any atom is 0.261 e. The van der Waals surface area contributed by atoms with Crippen LogP contribution in [-0.4, -0.2) is 23.3 Å². The molecule has 2 aliphatic rings. The summed E-state index contributed by atoms with van der Waals surface area (Å²) >= 11 is 0. The van der Waals surface area contributed by atoms with E-state index in [1.807, 2.05) is 48.5 Å². The second kappa shape index (κ2) is 5.95. The second-order valence-corrected chi connectivity index (χ2v) is 6.66. The Kier molecular flexibility index (Phi) is 3.44. The highest BCUT2D eigenvalue weighted by molar-refractivity contribution is 6.21. The molecule has 5 rings (SSSR count). The number of imide groups is 1. The van der Waals surface area contributed by atoms with Crippen LogP contribution in [-0.2, 0) is 0 Å². The van der Waals surface area contributed by atoms with Gasteiger partial charge in [-0.1, -0.05) is 54.6 Å². The number of nitrogens with one attached hydrogen (secondary N) is 1. The molecule has 0 aromatic heterocycles. The molecule has 130 valence electrons. The van der Waals surface area contributed by atoms with Crippen molar-refractivity contribution in [2.24, 2.45) is 0 Å². The van der Waals surface area contributed by atoms with Gasteiger partial charge in [0.05, 0.1) is 17.7 Å².